The molecule has 0 bridgehead atoms. The van der Waals surface area contributed by atoms with Gasteiger partial charge in [0.05, 0.1) is 0 Å². The van der Waals surface area contributed by atoms with E-state index in [1.54, 1.807) is 7.11 Å². The summed E-state index contributed by atoms with van der Waals surface area (Å²) in [5.74, 6) is 0. The first-order valence-electron chi connectivity index (χ1n) is 5.53. The van der Waals surface area contributed by atoms with Gasteiger partial charge in [0, 0.05) is 20.3 Å². The molecule has 1 aliphatic rings. The highest BCUT2D eigenvalue weighted by atomic mass is 16.5. The Bertz CT molecular complexity index is 132. The summed E-state index contributed by atoms with van der Waals surface area (Å²) in [4.78, 5) is 0. The molecule has 1 rings (SSSR count). The summed E-state index contributed by atoms with van der Waals surface area (Å²) in [6.45, 7) is 5.43. The zero-order chi connectivity index (χ0) is 9.57. The zero-order valence-corrected chi connectivity index (χ0v) is 9.07. The van der Waals surface area contributed by atoms with Crippen molar-refractivity contribution >= 4 is 0 Å². The first kappa shape index (κ1) is 11.0. The second kappa shape index (κ2) is 5.61. The monoisotopic (exact) mass is 185 g/mol. The summed E-state index contributed by atoms with van der Waals surface area (Å²) >= 11 is 0. The Hall–Kier alpha value is -0.0800. The molecule has 78 valence electrons. The standard InChI is InChI=1S/C11H23NO/c1-3-12-10-11(6-4-7-11)8-5-9-13-2/h12H,3-10H2,1-2H3. The van der Waals surface area contributed by atoms with Crippen molar-refractivity contribution in [1.82, 2.24) is 5.32 Å². The van der Waals surface area contributed by atoms with Crippen molar-refractivity contribution in [3.8, 4) is 0 Å². The molecule has 0 unspecified atom stereocenters. The van der Waals surface area contributed by atoms with Crippen LogP contribution in [-0.2, 0) is 4.74 Å². The van der Waals surface area contributed by atoms with E-state index in [1.165, 1.54) is 38.6 Å². The van der Waals surface area contributed by atoms with Crippen LogP contribution in [0.5, 0.6) is 0 Å². The summed E-state index contributed by atoms with van der Waals surface area (Å²) in [6.07, 6.45) is 6.83. The van der Waals surface area contributed by atoms with E-state index in [-0.39, 0.29) is 0 Å². The molecule has 1 N–H and O–H groups in total. The lowest BCUT2D eigenvalue weighted by Crippen LogP contribution is -2.40. The highest BCUT2D eigenvalue weighted by molar-refractivity contribution is 4.89. The van der Waals surface area contributed by atoms with Gasteiger partial charge in [-0.1, -0.05) is 13.3 Å². The third kappa shape index (κ3) is 3.28. The lowest BCUT2D eigenvalue weighted by Gasteiger charge is -2.42. The van der Waals surface area contributed by atoms with Gasteiger partial charge in [0.1, 0.15) is 0 Å². The minimum Gasteiger partial charge on any atom is -0.385 e. The summed E-state index contributed by atoms with van der Waals surface area (Å²) in [7, 11) is 1.79. The smallest absolute Gasteiger partial charge is 0.0462 e. The summed E-state index contributed by atoms with van der Waals surface area (Å²) in [5, 5.41) is 3.48. The minimum absolute atomic E-state index is 0.633. The van der Waals surface area contributed by atoms with Crippen molar-refractivity contribution in [2.75, 3.05) is 26.8 Å². The van der Waals surface area contributed by atoms with Crippen molar-refractivity contribution in [1.29, 1.82) is 0 Å². The van der Waals surface area contributed by atoms with Gasteiger partial charge >= 0.3 is 0 Å². The second-order valence-corrected chi connectivity index (χ2v) is 4.23. The van der Waals surface area contributed by atoms with Crippen LogP contribution in [0.3, 0.4) is 0 Å². The molecule has 0 aromatic carbocycles. The fourth-order valence-corrected chi connectivity index (χ4v) is 2.17. The lowest BCUT2D eigenvalue weighted by atomic mass is 9.66. The van der Waals surface area contributed by atoms with Gasteiger partial charge in [0.25, 0.3) is 0 Å². The van der Waals surface area contributed by atoms with E-state index < -0.39 is 0 Å². The second-order valence-electron chi connectivity index (χ2n) is 4.23. The van der Waals surface area contributed by atoms with E-state index in [0.717, 1.165) is 13.2 Å². The number of hydrogen-bond donors (Lipinski definition) is 1. The summed E-state index contributed by atoms with van der Waals surface area (Å²) in [5.41, 5.74) is 0.633. The lowest BCUT2D eigenvalue weighted by molar-refractivity contribution is 0.0954. The SMILES string of the molecule is CCNCC1(CCCOC)CCC1. The quantitative estimate of drug-likeness (QED) is 0.614. The highest BCUT2D eigenvalue weighted by Crippen LogP contribution is 2.44. The molecule has 0 radical (unpaired) electrons. The van der Waals surface area contributed by atoms with E-state index in [4.69, 9.17) is 4.74 Å². The maximum Gasteiger partial charge on any atom is 0.0462 e. The largest absolute Gasteiger partial charge is 0.385 e. The number of hydrogen-bond acceptors (Lipinski definition) is 2. The normalized spacial score (nSPS) is 19.8. The molecule has 1 fully saturated rings. The van der Waals surface area contributed by atoms with Gasteiger partial charge in [-0.15, -0.1) is 0 Å². The maximum atomic E-state index is 5.09. The van der Waals surface area contributed by atoms with Crippen LogP contribution in [-0.4, -0.2) is 26.8 Å². The van der Waals surface area contributed by atoms with E-state index >= 15 is 0 Å². The van der Waals surface area contributed by atoms with Crippen molar-refractivity contribution in [2.24, 2.45) is 5.41 Å². The molecule has 0 saturated heterocycles. The van der Waals surface area contributed by atoms with Gasteiger partial charge in [-0.05, 0) is 37.6 Å². The molecule has 13 heavy (non-hydrogen) atoms. The number of rotatable bonds is 7. The number of nitrogens with one attached hydrogen (secondary N) is 1. The number of methoxy groups -OCH3 is 1. The molecule has 1 aliphatic carbocycles. The summed E-state index contributed by atoms with van der Waals surface area (Å²) in [6, 6.07) is 0. The molecule has 0 aromatic heterocycles. The summed E-state index contributed by atoms with van der Waals surface area (Å²) < 4.78 is 5.09. The van der Waals surface area contributed by atoms with Crippen LogP contribution >= 0.6 is 0 Å². The van der Waals surface area contributed by atoms with E-state index in [0.29, 0.717) is 5.41 Å². The van der Waals surface area contributed by atoms with Crippen LogP contribution in [0.15, 0.2) is 0 Å². The van der Waals surface area contributed by atoms with Crippen molar-refractivity contribution in [2.45, 2.75) is 39.0 Å². The molecular formula is C11H23NO. The predicted molar refractivity (Wildman–Crippen MR) is 55.9 cm³/mol. The molecule has 0 aromatic rings. The molecule has 2 heteroatoms. The van der Waals surface area contributed by atoms with Crippen LogP contribution in [0.4, 0.5) is 0 Å². The fourth-order valence-electron chi connectivity index (χ4n) is 2.17. The predicted octanol–water partition coefficient (Wildman–Crippen LogP) is 2.19. The maximum absolute atomic E-state index is 5.09. The van der Waals surface area contributed by atoms with Crippen LogP contribution in [0.1, 0.15) is 39.0 Å². The molecule has 0 aliphatic heterocycles. The Kier molecular flexibility index (Phi) is 4.74. The first-order chi connectivity index (χ1) is 6.33. The Morgan fingerprint density at radius 1 is 1.38 bits per heavy atom. The van der Waals surface area contributed by atoms with Gasteiger partial charge in [-0.2, -0.15) is 0 Å². The van der Waals surface area contributed by atoms with E-state index in [1.807, 2.05) is 0 Å². The number of ether oxygens (including phenoxy) is 1. The van der Waals surface area contributed by atoms with Gasteiger partial charge in [-0.3, -0.25) is 0 Å². The van der Waals surface area contributed by atoms with E-state index in [2.05, 4.69) is 12.2 Å². The first-order valence-corrected chi connectivity index (χ1v) is 5.53. The molecular weight excluding hydrogens is 162 g/mol. The Morgan fingerprint density at radius 2 is 2.15 bits per heavy atom. The van der Waals surface area contributed by atoms with Crippen molar-refractivity contribution in [3.63, 3.8) is 0 Å². The van der Waals surface area contributed by atoms with Crippen LogP contribution in [0.25, 0.3) is 0 Å². The van der Waals surface area contributed by atoms with Crippen LogP contribution in [0.2, 0.25) is 0 Å². The molecule has 1 saturated carbocycles. The molecule has 0 heterocycles. The zero-order valence-electron chi connectivity index (χ0n) is 9.07. The molecule has 0 atom stereocenters. The highest BCUT2D eigenvalue weighted by Gasteiger charge is 2.35. The van der Waals surface area contributed by atoms with Gasteiger partial charge in [-0.25, -0.2) is 0 Å². The third-order valence-electron chi connectivity index (χ3n) is 3.22. The Labute approximate surface area is 82.0 Å². The Balaban J connectivity index is 2.15. The van der Waals surface area contributed by atoms with Gasteiger partial charge in [0.15, 0.2) is 0 Å². The van der Waals surface area contributed by atoms with Gasteiger partial charge < -0.3 is 10.1 Å². The van der Waals surface area contributed by atoms with Crippen molar-refractivity contribution < 1.29 is 4.74 Å². The molecule has 0 amide bonds. The van der Waals surface area contributed by atoms with Crippen LogP contribution in [0, 0.1) is 5.41 Å². The average Bonchev–Trinajstić information content (AvgIpc) is 2.08. The fraction of sp³-hybridized carbons (Fsp3) is 1.00. The Morgan fingerprint density at radius 3 is 2.62 bits per heavy atom. The average molecular weight is 185 g/mol. The molecule has 2 nitrogen and oxygen atoms in total. The van der Waals surface area contributed by atoms with Crippen LogP contribution < -0.4 is 5.32 Å². The van der Waals surface area contributed by atoms with E-state index in [9.17, 15) is 0 Å². The molecule has 0 spiro atoms. The third-order valence-corrected chi connectivity index (χ3v) is 3.22. The van der Waals surface area contributed by atoms with Gasteiger partial charge in [0.2, 0.25) is 0 Å². The van der Waals surface area contributed by atoms with Crippen molar-refractivity contribution in [3.05, 3.63) is 0 Å². The topological polar surface area (TPSA) is 21.3 Å². The minimum atomic E-state index is 0.633.